The molecule has 1 saturated carbocycles. The van der Waals surface area contributed by atoms with Crippen molar-refractivity contribution < 1.29 is 19.4 Å². The number of benzodiazepines with no additional fused rings is 1. The van der Waals surface area contributed by atoms with Crippen molar-refractivity contribution in [1.82, 2.24) is 10.2 Å². The predicted molar refractivity (Wildman–Crippen MR) is 156 cm³/mol. The number of hydrogen-bond acceptors (Lipinski definition) is 6. The second-order valence-corrected chi connectivity index (χ2v) is 12.6. The van der Waals surface area contributed by atoms with E-state index >= 15 is 0 Å². The molecule has 0 bridgehead atoms. The van der Waals surface area contributed by atoms with E-state index in [2.05, 4.69) is 5.32 Å². The first-order chi connectivity index (χ1) is 19.1. The number of likely N-dealkylation sites (tertiary alicyclic amines) is 1. The van der Waals surface area contributed by atoms with Crippen LogP contribution in [-0.4, -0.2) is 65.9 Å². The van der Waals surface area contributed by atoms with Gasteiger partial charge in [0, 0.05) is 31.3 Å². The molecule has 2 amide bonds. The van der Waals surface area contributed by atoms with Crippen molar-refractivity contribution in [3.8, 4) is 0 Å². The first kappa shape index (κ1) is 28.3. The van der Waals surface area contributed by atoms with Gasteiger partial charge < -0.3 is 19.6 Å². The van der Waals surface area contributed by atoms with Crippen LogP contribution in [0.15, 0.2) is 59.6 Å². The van der Waals surface area contributed by atoms with Gasteiger partial charge in [-0.05, 0) is 76.7 Å². The number of fused-ring (bicyclic) bond motifs is 1. The van der Waals surface area contributed by atoms with Gasteiger partial charge in [-0.2, -0.15) is 0 Å². The summed E-state index contributed by atoms with van der Waals surface area (Å²) in [5.41, 5.74) is 3.06. The lowest BCUT2D eigenvalue weighted by Crippen LogP contribution is -2.51. The minimum absolute atomic E-state index is 0.0358. The van der Waals surface area contributed by atoms with Crippen LogP contribution in [0.1, 0.15) is 70.4 Å². The lowest BCUT2D eigenvalue weighted by Gasteiger charge is -2.46. The van der Waals surface area contributed by atoms with Crippen molar-refractivity contribution in [2.75, 3.05) is 25.0 Å². The standard InChI is InChI=1S/C32H42N4O4/c1-31(2,3)40-30(39)36-20-18-32(19-21-36)16-14-23(15-17-32)28(37)34-27-29(38)35(4)25-13-9-8-12-24(25)26(33-27)22-10-6-5-7-11-22/h5-13,23,27-28,34,37H,14-21H2,1-4H3. The third kappa shape index (κ3) is 6.08. The maximum absolute atomic E-state index is 13.5. The van der Waals surface area contributed by atoms with E-state index in [-0.39, 0.29) is 23.3 Å². The van der Waals surface area contributed by atoms with Crippen LogP contribution in [0.3, 0.4) is 0 Å². The van der Waals surface area contributed by atoms with Gasteiger partial charge in [0.2, 0.25) is 0 Å². The maximum atomic E-state index is 13.5. The highest BCUT2D eigenvalue weighted by molar-refractivity contribution is 6.19. The summed E-state index contributed by atoms with van der Waals surface area (Å²) in [5.74, 6) is -0.159. The number of nitrogens with zero attached hydrogens (tertiary/aromatic N) is 3. The van der Waals surface area contributed by atoms with Crippen LogP contribution in [0.2, 0.25) is 0 Å². The number of carbonyl (C=O) groups is 2. The Bertz CT molecular complexity index is 1240. The number of ether oxygens (including phenoxy) is 1. The molecular formula is C32H42N4O4. The fourth-order valence-corrected chi connectivity index (χ4v) is 6.31. The zero-order chi connectivity index (χ0) is 28.5. The minimum atomic E-state index is -0.893. The smallest absolute Gasteiger partial charge is 0.410 e. The molecule has 8 nitrogen and oxygen atoms in total. The maximum Gasteiger partial charge on any atom is 0.410 e. The van der Waals surface area contributed by atoms with E-state index in [0.717, 1.165) is 61.1 Å². The molecule has 5 rings (SSSR count). The van der Waals surface area contributed by atoms with E-state index < -0.39 is 18.0 Å². The Kier molecular flexibility index (Phi) is 8.02. The summed E-state index contributed by atoms with van der Waals surface area (Å²) in [7, 11) is 1.76. The van der Waals surface area contributed by atoms with Crippen LogP contribution in [0.4, 0.5) is 10.5 Å². The highest BCUT2D eigenvalue weighted by atomic mass is 16.6. The largest absolute Gasteiger partial charge is 0.444 e. The summed E-state index contributed by atoms with van der Waals surface area (Å²) < 4.78 is 5.56. The van der Waals surface area contributed by atoms with Crippen LogP contribution >= 0.6 is 0 Å². The van der Waals surface area contributed by atoms with Gasteiger partial charge in [0.05, 0.1) is 11.4 Å². The zero-order valence-corrected chi connectivity index (χ0v) is 24.1. The number of nitrogens with one attached hydrogen (secondary N) is 1. The Morgan fingerprint density at radius 2 is 1.65 bits per heavy atom. The number of carbonyl (C=O) groups excluding carboxylic acids is 2. The topological polar surface area (TPSA) is 94.5 Å². The number of aliphatic hydroxyl groups excluding tert-OH is 1. The number of rotatable bonds is 4. The molecule has 3 aliphatic rings. The van der Waals surface area contributed by atoms with Gasteiger partial charge in [-0.15, -0.1) is 0 Å². The van der Waals surface area contributed by atoms with E-state index in [1.807, 2.05) is 80.3 Å². The summed E-state index contributed by atoms with van der Waals surface area (Å²) in [6, 6.07) is 17.7. The van der Waals surface area contributed by atoms with Crippen molar-refractivity contribution in [2.24, 2.45) is 16.3 Å². The Morgan fingerprint density at radius 3 is 2.30 bits per heavy atom. The molecule has 2 heterocycles. The van der Waals surface area contributed by atoms with E-state index in [0.29, 0.717) is 13.1 Å². The van der Waals surface area contributed by atoms with Crippen LogP contribution in [0, 0.1) is 11.3 Å². The summed E-state index contributed by atoms with van der Waals surface area (Å²) in [5, 5.41) is 14.5. The Hall–Kier alpha value is -3.23. The van der Waals surface area contributed by atoms with Crippen LogP contribution in [0.25, 0.3) is 0 Å². The molecule has 40 heavy (non-hydrogen) atoms. The number of likely N-dealkylation sites (N-methyl/N-ethyl adjacent to an activating group) is 1. The van der Waals surface area contributed by atoms with E-state index in [1.165, 1.54) is 0 Å². The Labute approximate surface area is 237 Å². The SMILES string of the molecule is CN1C(=O)C(NC(O)C2CCC3(CC2)CCN(C(=O)OC(C)(C)C)CC3)N=C(c2ccccc2)c2ccccc21. The molecular weight excluding hydrogens is 504 g/mol. The molecule has 2 aromatic carbocycles. The lowest BCUT2D eigenvalue weighted by molar-refractivity contribution is -0.121. The minimum Gasteiger partial charge on any atom is -0.444 e. The van der Waals surface area contributed by atoms with E-state index in [4.69, 9.17) is 9.73 Å². The summed E-state index contributed by atoms with van der Waals surface area (Å²) in [4.78, 5) is 34.4. The van der Waals surface area contributed by atoms with Crippen molar-refractivity contribution >= 4 is 23.4 Å². The average molecular weight is 547 g/mol. The van der Waals surface area contributed by atoms with E-state index in [9.17, 15) is 14.7 Å². The fourth-order valence-electron chi connectivity index (χ4n) is 6.31. The summed E-state index contributed by atoms with van der Waals surface area (Å²) >= 11 is 0. The number of aliphatic imine (C=N–C) groups is 1. The number of piperidine rings is 1. The van der Waals surface area contributed by atoms with Gasteiger partial charge in [-0.1, -0.05) is 48.5 Å². The van der Waals surface area contributed by atoms with Gasteiger partial charge in [0.15, 0.2) is 6.17 Å². The molecule has 214 valence electrons. The van der Waals surface area contributed by atoms with Gasteiger partial charge in [0.1, 0.15) is 11.8 Å². The first-order valence-corrected chi connectivity index (χ1v) is 14.5. The zero-order valence-electron chi connectivity index (χ0n) is 24.1. The fraction of sp³-hybridized carbons (Fsp3) is 0.531. The monoisotopic (exact) mass is 546 g/mol. The average Bonchev–Trinajstić information content (AvgIpc) is 3.04. The van der Waals surface area contributed by atoms with Crippen LogP contribution < -0.4 is 10.2 Å². The van der Waals surface area contributed by atoms with Crippen LogP contribution in [-0.2, 0) is 9.53 Å². The van der Waals surface area contributed by atoms with Crippen molar-refractivity contribution in [3.63, 3.8) is 0 Å². The van der Waals surface area contributed by atoms with E-state index in [1.54, 1.807) is 11.9 Å². The lowest BCUT2D eigenvalue weighted by atomic mass is 9.65. The van der Waals surface area contributed by atoms with Crippen molar-refractivity contribution in [3.05, 3.63) is 65.7 Å². The molecule has 1 spiro atoms. The highest BCUT2D eigenvalue weighted by Gasteiger charge is 2.42. The molecule has 2 atom stereocenters. The predicted octanol–water partition coefficient (Wildman–Crippen LogP) is 4.94. The summed E-state index contributed by atoms with van der Waals surface area (Å²) in [6.45, 7) is 7.10. The molecule has 1 saturated heterocycles. The molecule has 1 aliphatic carbocycles. The number of benzene rings is 2. The molecule has 2 unspecified atom stereocenters. The quantitative estimate of drug-likeness (QED) is 0.530. The third-order valence-corrected chi connectivity index (χ3v) is 8.73. The number of amides is 2. The third-order valence-electron chi connectivity index (χ3n) is 8.73. The second-order valence-electron chi connectivity index (χ2n) is 12.6. The summed E-state index contributed by atoms with van der Waals surface area (Å²) in [6.07, 6.45) is 3.68. The number of anilines is 1. The molecule has 2 N–H and O–H groups in total. The molecule has 0 radical (unpaired) electrons. The van der Waals surface area contributed by atoms with Gasteiger partial charge in [-0.3, -0.25) is 15.1 Å². The molecule has 2 fully saturated rings. The van der Waals surface area contributed by atoms with Gasteiger partial charge in [0.25, 0.3) is 5.91 Å². The second kappa shape index (κ2) is 11.3. The molecule has 8 heteroatoms. The highest BCUT2D eigenvalue weighted by Crippen LogP contribution is 2.47. The Balaban J connectivity index is 1.24. The molecule has 2 aliphatic heterocycles. The first-order valence-electron chi connectivity index (χ1n) is 14.5. The van der Waals surface area contributed by atoms with Crippen molar-refractivity contribution in [1.29, 1.82) is 0 Å². The normalized spacial score (nSPS) is 22.4. The van der Waals surface area contributed by atoms with Crippen LogP contribution in [0.5, 0.6) is 0 Å². The number of hydrogen-bond donors (Lipinski definition) is 2. The van der Waals surface area contributed by atoms with Crippen molar-refractivity contribution in [2.45, 2.75) is 77.3 Å². The van der Waals surface area contributed by atoms with Gasteiger partial charge in [-0.25, -0.2) is 4.79 Å². The van der Waals surface area contributed by atoms with Gasteiger partial charge >= 0.3 is 6.09 Å². The number of para-hydroxylation sites is 1. The molecule has 2 aromatic rings. The Morgan fingerprint density at radius 1 is 1.02 bits per heavy atom. The molecule has 0 aromatic heterocycles. The number of aliphatic hydroxyl groups is 1.